The number of rotatable bonds is 5. The minimum absolute atomic E-state index is 0.0505. The van der Waals surface area contributed by atoms with Crippen LogP contribution in [0.4, 0.5) is 0 Å². The number of hydrogen-bond acceptors (Lipinski definition) is 4. The van der Waals surface area contributed by atoms with Crippen LogP contribution in [0.5, 0.6) is 5.75 Å². The maximum Gasteiger partial charge on any atom is 0.270 e. The van der Waals surface area contributed by atoms with Gasteiger partial charge in [-0.15, -0.1) is 0 Å². The van der Waals surface area contributed by atoms with Crippen LogP contribution in [0, 0.1) is 6.92 Å². The number of aryl methyl sites for hydroxylation is 1. The quantitative estimate of drug-likeness (QED) is 0.480. The Labute approximate surface area is 182 Å². The van der Waals surface area contributed by atoms with Gasteiger partial charge in [0.15, 0.2) is 4.80 Å². The lowest BCUT2D eigenvalue weighted by Crippen LogP contribution is -2.29. The summed E-state index contributed by atoms with van der Waals surface area (Å²) in [5.41, 5.74) is 3.20. The van der Waals surface area contributed by atoms with E-state index in [1.165, 1.54) is 11.3 Å². The maximum atomic E-state index is 12.6. The van der Waals surface area contributed by atoms with Crippen LogP contribution in [-0.4, -0.2) is 22.3 Å². The molecule has 0 saturated carbocycles. The van der Waals surface area contributed by atoms with Crippen molar-refractivity contribution in [3.63, 3.8) is 0 Å². The van der Waals surface area contributed by atoms with Gasteiger partial charge in [0.1, 0.15) is 12.4 Å². The smallest absolute Gasteiger partial charge is 0.270 e. The maximum absolute atomic E-state index is 12.6. The Balaban J connectivity index is 1.45. The first-order valence-electron chi connectivity index (χ1n) is 9.83. The molecule has 0 amide bonds. The number of nitrogens with zero attached hydrogens (tertiary/aromatic N) is 3. The topological polar surface area (TPSA) is 48.5 Å². The minimum Gasteiger partial charge on any atom is -0.492 e. The van der Waals surface area contributed by atoms with E-state index in [-0.39, 0.29) is 5.56 Å². The summed E-state index contributed by atoms with van der Waals surface area (Å²) in [5.74, 6) is 0.810. The molecule has 0 spiro atoms. The molecular weight excluding hydrogens is 418 g/mol. The van der Waals surface area contributed by atoms with Crippen molar-refractivity contribution in [1.82, 2.24) is 9.13 Å². The molecule has 5 nitrogen and oxygen atoms in total. The summed E-state index contributed by atoms with van der Waals surface area (Å²) in [6.45, 7) is 4.59. The summed E-state index contributed by atoms with van der Waals surface area (Å²) < 4.78 is 10.6. The van der Waals surface area contributed by atoms with Gasteiger partial charge in [0.2, 0.25) is 0 Å². The molecule has 0 saturated heterocycles. The summed E-state index contributed by atoms with van der Waals surface area (Å²) in [7, 11) is 0. The van der Waals surface area contributed by atoms with Gasteiger partial charge in [-0.25, -0.2) is 0 Å². The first-order valence-corrected chi connectivity index (χ1v) is 11.0. The fourth-order valence-electron chi connectivity index (χ4n) is 3.75. The second kappa shape index (κ2) is 7.78. The van der Waals surface area contributed by atoms with Crippen LogP contribution >= 0.6 is 22.9 Å². The highest BCUT2D eigenvalue weighted by Gasteiger charge is 2.11. The van der Waals surface area contributed by atoms with Crippen LogP contribution in [0.15, 0.2) is 58.4 Å². The second-order valence-electron chi connectivity index (χ2n) is 7.29. The molecule has 5 rings (SSSR count). The molecule has 2 aromatic carbocycles. The van der Waals surface area contributed by atoms with Crippen molar-refractivity contribution >= 4 is 39.9 Å². The van der Waals surface area contributed by atoms with Crippen molar-refractivity contribution in [2.45, 2.75) is 20.0 Å². The average Bonchev–Trinajstić information content (AvgIpc) is 3.42. The van der Waals surface area contributed by atoms with Crippen LogP contribution < -0.4 is 19.6 Å². The summed E-state index contributed by atoms with van der Waals surface area (Å²) >= 11 is 7.55. The van der Waals surface area contributed by atoms with E-state index >= 15 is 0 Å². The lowest BCUT2D eigenvalue weighted by molar-refractivity contribution is 0.300. The van der Waals surface area contributed by atoms with E-state index < -0.39 is 0 Å². The van der Waals surface area contributed by atoms with Gasteiger partial charge in [0.05, 0.1) is 17.6 Å². The van der Waals surface area contributed by atoms with Crippen molar-refractivity contribution in [2.75, 3.05) is 13.2 Å². The second-order valence-corrected chi connectivity index (χ2v) is 8.70. The molecule has 1 aliphatic rings. The monoisotopic (exact) mass is 437 g/mol. The van der Waals surface area contributed by atoms with Crippen molar-refractivity contribution in [1.29, 1.82) is 0 Å². The first kappa shape index (κ1) is 19.2. The van der Waals surface area contributed by atoms with Crippen molar-refractivity contribution in [3.8, 4) is 5.75 Å². The van der Waals surface area contributed by atoms with Crippen molar-refractivity contribution in [3.05, 3.63) is 84.5 Å². The van der Waals surface area contributed by atoms with E-state index in [0.29, 0.717) is 26.2 Å². The average molecular weight is 438 g/mol. The molecule has 152 valence electrons. The predicted octanol–water partition coefficient (Wildman–Crippen LogP) is 3.37. The van der Waals surface area contributed by atoms with E-state index in [1.54, 1.807) is 4.57 Å². The van der Waals surface area contributed by atoms with Gasteiger partial charge in [-0.05, 0) is 42.8 Å². The molecule has 0 fully saturated rings. The summed E-state index contributed by atoms with van der Waals surface area (Å²) in [6.07, 6.45) is 4.07. The fourth-order valence-corrected chi connectivity index (χ4v) is 4.89. The molecule has 7 heteroatoms. The minimum atomic E-state index is 0.0505. The lowest BCUT2D eigenvalue weighted by Gasteiger charge is -2.09. The van der Waals surface area contributed by atoms with Crippen LogP contribution in [0.3, 0.4) is 0 Å². The van der Waals surface area contributed by atoms with Crippen molar-refractivity contribution in [2.24, 2.45) is 4.99 Å². The third kappa shape index (κ3) is 3.46. The number of aromatic nitrogens is 2. The van der Waals surface area contributed by atoms with Gasteiger partial charge < -0.3 is 9.30 Å². The number of halogens is 1. The van der Waals surface area contributed by atoms with Gasteiger partial charge >= 0.3 is 0 Å². The highest BCUT2D eigenvalue weighted by Crippen LogP contribution is 2.23. The molecular formula is C23H20ClN3O2S. The molecule has 0 bridgehead atoms. The number of ether oxygens (including phenoxy) is 1. The number of fused-ring (bicyclic) bond motifs is 2. The molecule has 0 radical (unpaired) electrons. The van der Waals surface area contributed by atoms with Gasteiger partial charge in [0, 0.05) is 34.2 Å². The normalized spacial score (nSPS) is 13.6. The zero-order chi connectivity index (χ0) is 20.7. The zero-order valence-corrected chi connectivity index (χ0v) is 18.0. The standard InChI is InChI=1S/C23H20ClN3O2S/c1-15-12-17(6-7-19(15)24)29-11-10-26-14-16(18-4-2-3-5-20(18)26)13-21-22(28)27-9-8-25-23(27)30-21/h2-7,12-14H,8-11H2,1H3/b21-13-. The van der Waals surface area contributed by atoms with Crippen LogP contribution in [0.25, 0.3) is 17.0 Å². The van der Waals surface area contributed by atoms with E-state index in [1.807, 2.05) is 43.3 Å². The van der Waals surface area contributed by atoms with Gasteiger partial charge in [-0.3, -0.25) is 14.4 Å². The molecule has 0 aliphatic carbocycles. The number of hydrogen-bond donors (Lipinski definition) is 0. The van der Waals surface area contributed by atoms with Gasteiger partial charge in [-0.2, -0.15) is 0 Å². The molecule has 3 heterocycles. The Morgan fingerprint density at radius 1 is 1.27 bits per heavy atom. The number of benzene rings is 2. The van der Waals surface area contributed by atoms with Crippen molar-refractivity contribution < 1.29 is 4.74 Å². The zero-order valence-electron chi connectivity index (χ0n) is 16.5. The summed E-state index contributed by atoms with van der Waals surface area (Å²) in [6, 6.07) is 13.9. The highest BCUT2D eigenvalue weighted by molar-refractivity contribution is 7.07. The highest BCUT2D eigenvalue weighted by atomic mass is 35.5. The molecule has 4 aromatic rings. The Hall–Kier alpha value is -2.83. The van der Waals surface area contributed by atoms with E-state index in [2.05, 4.69) is 27.9 Å². The van der Waals surface area contributed by atoms with Gasteiger partial charge in [-0.1, -0.05) is 41.1 Å². The summed E-state index contributed by atoms with van der Waals surface area (Å²) in [4.78, 5) is 17.9. The molecule has 2 aromatic heterocycles. The Bertz CT molecular complexity index is 1430. The van der Waals surface area contributed by atoms with Crippen LogP contribution in [-0.2, 0) is 13.1 Å². The molecule has 30 heavy (non-hydrogen) atoms. The molecule has 0 atom stereocenters. The predicted molar refractivity (Wildman–Crippen MR) is 121 cm³/mol. The number of thiazole rings is 1. The Morgan fingerprint density at radius 2 is 2.13 bits per heavy atom. The third-order valence-electron chi connectivity index (χ3n) is 5.30. The van der Waals surface area contributed by atoms with Crippen LogP contribution in [0.1, 0.15) is 11.1 Å². The fraction of sp³-hybridized carbons (Fsp3) is 0.217. The SMILES string of the molecule is Cc1cc(OCCn2cc(/C=c3\sc4n(c3=O)CCN=4)c3ccccc32)ccc1Cl. The largest absolute Gasteiger partial charge is 0.492 e. The number of para-hydroxylation sites is 1. The molecule has 0 N–H and O–H groups in total. The third-order valence-corrected chi connectivity index (χ3v) is 6.76. The van der Waals surface area contributed by atoms with Crippen LogP contribution in [0.2, 0.25) is 5.02 Å². The summed E-state index contributed by atoms with van der Waals surface area (Å²) in [5, 5.41) is 1.86. The Morgan fingerprint density at radius 3 is 2.97 bits per heavy atom. The molecule has 1 aliphatic heterocycles. The van der Waals surface area contributed by atoms with E-state index in [9.17, 15) is 4.79 Å². The lowest BCUT2D eigenvalue weighted by atomic mass is 10.2. The van der Waals surface area contributed by atoms with E-state index in [4.69, 9.17) is 16.3 Å². The Kier molecular flexibility index (Phi) is 4.97. The van der Waals surface area contributed by atoms with E-state index in [0.717, 1.165) is 42.1 Å². The van der Waals surface area contributed by atoms with Gasteiger partial charge in [0.25, 0.3) is 5.56 Å². The first-order chi connectivity index (χ1) is 14.6. The molecule has 0 unspecified atom stereocenters.